The van der Waals surface area contributed by atoms with Crippen LogP contribution in [0.5, 0.6) is 0 Å². The Kier molecular flexibility index (Phi) is 21.4. The minimum absolute atomic E-state index is 0.244. The van der Waals surface area contributed by atoms with E-state index in [2.05, 4.69) is 60.5 Å². The van der Waals surface area contributed by atoms with E-state index in [0.29, 0.717) is 6.42 Å². The molecule has 0 unspecified atom stereocenters. The van der Waals surface area contributed by atoms with Gasteiger partial charge in [-0.1, -0.05) is 0 Å². The minimum atomic E-state index is -2.75. The Balaban J connectivity index is 3.27. The van der Waals surface area contributed by atoms with E-state index in [1.54, 1.807) is 3.59 Å². The fraction of sp³-hybridized carbons (Fsp3) is 0.917. The Labute approximate surface area is 262 Å². The fourth-order valence-corrected chi connectivity index (χ4v) is 22.8. The van der Waals surface area contributed by atoms with Crippen LogP contribution in [0.4, 0.5) is 0 Å². The number of allylic oxidation sites excluding steroid dienone is 1. The van der Waals surface area contributed by atoms with Gasteiger partial charge in [0, 0.05) is 0 Å². The molecule has 1 heterocycles. The molecule has 0 aromatic rings. The molecular weight excluding hydrogens is 608 g/mol. The molecule has 0 aliphatic carbocycles. The fourth-order valence-electron chi connectivity index (χ4n) is 6.59. The van der Waals surface area contributed by atoms with E-state index in [1.165, 1.54) is 129 Å². The normalized spacial score (nSPS) is 16.8. The van der Waals surface area contributed by atoms with Crippen LogP contribution >= 0.6 is 0 Å². The molecule has 1 aliphatic heterocycles. The number of unbranched alkanes of at least 4 members (excludes halogenated alkanes) is 16. The van der Waals surface area contributed by atoms with E-state index in [0.717, 1.165) is 12.8 Å². The number of hydrogen-bond donors (Lipinski definition) is 0. The predicted octanol–water partition coefficient (Wildman–Crippen LogP) is 12.3. The Bertz CT molecular complexity index is 673. The van der Waals surface area contributed by atoms with E-state index in [4.69, 9.17) is 9.31 Å². The zero-order valence-electron chi connectivity index (χ0n) is 28.9. The third-order valence-electron chi connectivity index (χ3n) is 10.1. The summed E-state index contributed by atoms with van der Waals surface area (Å²) in [5, 5.41) is 9.43. The number of nitriles is 1. The van der Waals surface area contributed by atoms with Gasteiger partial charge in [-0.2, -0.15) is 0 Å². The summed E-state index contributed by atoms with van der Waals surface area (Å²) in [7, 11) is -0.244. The van der Waals surface area contributed by atoms with Gasteiger partial charge in [-0.05, 0) is 0 Å². The number of hydrogen-bond acceptors (Lipinski definition) is 3. The van der Waals surface area contributed by atoms with Gasteiger partial charge in [0.05, 0.1) is 0 Å². The van der Waals surface area contributed by atoms with Crippen molar-refractivity contribution in [2.45, 2.75) is 208 Å². The van der Waals surface area contributed by atoms with E-state index in [-0.39, 0.29) is 18.3 Å². The van der Waals surface area contributed by atoms with Crippen molar-refractivity contribution in [3.63, 3.8) is 0 Å². The van der Waals surface area contributed by atoms with Gasteiger partial charge < -0.3 is 0 Å². The first-order valence-corrected chi connectivity index (χ1v) is 25.6. The maximum atomic E-state index is 9.43. The van der Waals surface area contributed by atoms with Gasteiger partial charge in [-0.3, -0.25) is 0 Å². The summed E-state index contributed by atoms with van der Waals surface area (Å²) in [6.45, 7) is 15.7. The Morgan fingerprint density at radius 3 is 1.34 bits per heavy atom. The molecule has 41 heavy (non-hydrogen) atoms. The summed E-state index contributed by atoms with van der Waals surface area (Å²) < 4.78 is 19.4. The molecule has 0 saturated carbocycles. The van der Waals surface area contributed by atoms with Crippen molar-refractivity contribution in [2.75, 3.05) is 0 Å². The molecule has 0 N–H and O–H groups in total. The van der Waals surface area contributed by atoms with Crippen LogP contribution in [0.1, 0.15) is 183 Å². The van der Waals surface area contributed by atoms with Crippen LogP contribution in [-0.2, 0) is 9.31 Å². The topological polar surface area (TPSA) is 42.2 Å². The van der Waals surface area contributed by atoms with Crippen molar-refractivity contribution < 1.29 is 9.31 Å². The zero-order valence-corrected chi connectivity index (χ0v) is 31.7. The molecule has 0 bridgehead atoms. The van der Waals surface area contributed by atoms with Crippen molar-refractivity contribution in [1.29, 1.82) is 5.26 Å². The van der Waals surface area contributed by atoms with Crippen molar-refractivity contribution in [3.8, 4) is 6.07 Å². The van der Waals surface area contributed by atoms with Crippen molar-refractivity contribution >= 4 is 25.5 Å². The Hall–Kier alpha value is 0.0136. The van der Waals surface area contributed by atoms with Gasteiger partial charge >= 0.3 is 264 Å². The quantitative estimate of drug-likeness (QED) is 0.0676. The molecule has 0 aromatic heterocycles. The molecule has 1 aliphatic rings. The predicted molar refractivity (Wildman–Crippen MR) is 184 cm³/mol. The van der Waals surface area contributed by atoms with Crippen molar-refractivity contribution in [3.05, 3.63) is 9.56 Å². The van der Waals surface area contributed by atoms with E-state index in [1.807, 2.05) is 0 Å². The second-order valence-electron chi connectivity index (χ2n) is 14.2. The van der Waals surface area contributed by atoms with Gasteiger partial charge in [-0.15, -0.1) is 0 Å². The second-order valence-corrected chi connectivity index (χ2v) is 27.6. The molecule has 0 atom stereocenters. The first kappa shape index (κ1) is 39.0. The van der Waals surface area contributed by atoms with Gasteiger partial charge in [-0.25, -0.2) is 0 Å². The van der Waals surface area contributed by atoms with Crippen molar-refractivity contribution in [1.82, 2.24) is 0 Å². The second kappa shape index (κ2) is 22.5. The Morgan fingerprint density at radius 1 is 0.610 bits per heavy atom. The monoisotopic (exact) mass is 679 g/mol. The first-order chi connectivity index (χ1) is 19.7. The molecule has 238 valence electrons. The molecule has 3 nitrogen and oxygen atoms in total. The van der Waals surface area contributed by atoms with Crippen LogP contribution < -0.4 is 0 Å². The first-order valence-electron chi connectivity index (χ1n) is 18.1. The molecule has 1 fully saturated rings. The molecule has 0 aromatic carbocycles. The molecule has 0 amide bonds. The third-order valence-corrected chi connectivity index (χ3v) is 26.4. The average Bonchev–Trinajstić information content (AvgIpc) is 3.14. The number of rotatable bonds is 26. The summed E-state index contributed by atoms with van der Waals surface area (Å²) in [6.07, 6.45) is 27.6. The average molecular weight is 678 g/mol. The van der Waals surface area contributed by atoms with Gasteiger partial charge in [0.15, 0.2) is 0 Å². The summed E-state index contributed by atoms with van der Waals surface area (Å²) in [6, 6.07) is 2.44. The summed E-state index contributed by atoms with van der Waals surface area (Å²) in [5.74, 6) is 2.48. The van der Waals surface area contributed by atoms with E-state index < -0.39 is 18.4 Å². The van der Waals surface area contributed by atoms with Gasteiger partial charge in [0.1, 0.15) is 0 Å². The van der Waals surface area contributed by atoms with Crippen LogP contribution in [-0.4, -0.2) is 36.7 Å². The van der Waals surface area contributed by atoms with Crippen LogP contribution in [0, 0.1) is 11.3 Å². The molecule has 0 radical (unpaired) electrons. The van der Waals surface area contributed by atoms with Crippen LogP contribution in [0.25, 0.3) is 0 Å². The maximum absolute atomic E-state index is 9.43. The standard InChI is InChI=1S/C12H19BNO2.3C8H17.Sn/c1-11(2)12(3,4)16-13(15-11)9-7-5-6-8-10-14;3*1-3-5-7-8-6-4-2;/h9H,5-6,8H2,1-4H3;3*1,3-8H2,2H3;. The molecule has 1 saturated heterocycles. The van der Waals surface area contributed by atoms with Gasteiger partial charge in [0.25, 0.3) is 0 Å². The summed E-state index contributed by atoms with van der Waals surface area (Å²) in [5.41, 5.74) is -0.607. The SMILES string of the molecule is CCCCCCC[CH2][Sn]([CH2]CCCCCCC)([CH2]CCCCCCC)/[C](=C\B1OC(C)(C)C(C)(C)O1)CCCC#N. The van der Waals surface area contributed by atoms with Crippen LogP contribution in [0.15, 0.2) is 9.56 Å². The zero-order chi connectivity index (χ0) is 30.5. The van der Waals surface area contributed by atoms with Crippen molar-refractivity contribution in [2.24, 2.45) is 0 Å². The van der Waals surface area contributed by atoms with E-state index >= 15 is 0 Å². The summed E-state index contributed by atoms with van der Waals surface area (Å²) in [4.78, 5) is 0. The van der Waals surface area contributed by atoms with Crippen LogP contribution in [0.3, 0.4) is 0 Å². The Morgan fingerprint density at radius 2 is 0.976 bits per heavy atom. The number of nitrogens with zero attached hydrogens (tertiary/aromatic N) is 1. The molecule has 5 heteroatoms. The molecular formula is C36H70BNO2Sn. The molecule has 0 spiro atoms. The molecule has 1 rings (SSSR count). The van der Waals surface area contributed by atoms with Gasteiger partial charge in [0.2, 0.25) is 0 Å². The third kappa shape index (κ3) is 15.5. The van der Waals surface area contributed by atoms with Crippen LogP contribution in [0.2, 0.25) is 13.3 Å². The summed E-state index contributed by atoms with van der Waals surface area (Å²) >= 11 is -2.75. The van der Waals surface area contributed by atoms with E-state index in [9.17, 15) is 5.26 Å².